The fourth-order valence-corrected chi connectivity index (χ4v) is 3.96. The monoisotopic (exact) mass is 346 g/mol. The minimum absolute atomic E-state index is 0.877. The first-order valence-electron chi connectivity index (χ1n) is 7.33. The van der Waals surface area contributed by atoms with Crippen molar-refractivity contribution in [2.75, 3.05) is 52.8 Å². The zero-order valence-electron chi connectivity index (χ0n) is 13.6. The van der Waals surface area contributed by atoms with Crippen LogP contribution in [0.1, 0.15) is 12.8 Å². The van der Waals surface area contributed by atoms with Gasteiger partial charge in [0, 0.05) is 9.79 Å². The van der Waals surface area contributed by atoms with Crippen LogP contribution in [0.25, 0.3) is 0 Å². The largest absolute Gasteiger partial charge is 0.309 e. The fraction of sp³-hybridized carbons (Fsp3) is 0.625. The van der Waals surface area contributed by atoms with E-state index in [1.165, 1.54) is 22.6 Å². The van der Waals surface area contributed by atoms with Gasteiger partial charge in [0.15, 0.2) is 0 Å². The van der Waals surface area contributed by atoms with E-state index in [4.69, 9.17) is 11.6 Å². The van der Waals surface area contributed by atoms with E-state index in [1.54, 1.807) is 0 Å². The van der Waals surface area contributed by atoms with Gasteiger partial charge in [-0.3, -0.25) is 0 Å². The van der Waals surface area contributed by atoms with Gasteiger partial charge in [0.1, 0.15) is 0 Å². The minimum Gasteiger partial charge on any atom is -0.309 e. The van der Waals surface area contributed by atoms with Gasteiger partial charge in [-0.2, -0.15) is 0 Å². The highest BCUT2D eigenvalue weighted by molar-refractivity contribution is 8.00. The molecule has 120 valence electrons. The van der Waals surface area contributed by atoms with E-state index in [2.05, 4.69) is 50.1 Å². The van der Waals surface area contributed by atoms with E-state index < -0.39 is 0 Å². The smallest absolute Gasteiger partial charge is 0.0542 e. The summed E-state index contributed by atoms with van der Waals surface area (Å²) in [6.45, 7) is 2.27. The van der Waals surface area contributed by atoms with Gasteiger partial charge >= 0.3 is 0 Å². The molecular weight excluding hydrogens is 320 g/mol. The predicted octanol–water partition coefficient (Wildman–Crippen LogP) is 4.43. The molecule has 0 saturated heterocycles. The summed E-state index contributed by atoms with van der Waals surface area (Å²) in [4.78, 5) is 6.99. The maximum atomic E-state index is 6.29. The second kappa shape index (κ2) is 10.8. The molecule has 0 radical (unpaired) electrons. The van der Waals surface area contributed by atoms with E-state index in [9.17, 15) is 0 Å². The highest BCUT2D eigenvalue weighted by Gasteiger charge is 2.04. The van der Waals surface area contributed by atoms with Crippen molar-refractivity contribution < 1.29 is 0 Å². The Morgan fingerprint density at radius 2 is 1.48 bits per heavy atom. The Kier molecular flexibility index (Phi) is 9.85. The number of hydrogen-bond donors (Lipinski definition) is 0. The average molecular weight is 347 g/mol. The molecular formula is C16H27ClN2S2. The molecule has 0 aromatic heterocycles. The molecule has 0 aliphatic rings. The number of rotatable bonds is 10. The van der Waals surface area contributed by atoms with Crippen LogP contribution in [0.5, 0.6) is 0 Å². The third kappa shape index (κ3) is 8.99. The molecule has 2 nitrogen and oxygen atoms in total. The molecule has 0 amide bonds. The van der Waals surface area contributed by atoms with Crippen LogP contribution in [0.4, 0.5) is 0 Å². The lowest BCUT2D eigenvalue weighted by Crippen LogP contribution is -2.13. The SMILES string of the molecule is CN(C)CCCSc1ccc(Cl)c(SCCCN(C)C)c1. The zero-order valence-corrected chi connectivity index (χ0v) is 16.0. The first-order chi connectivity index (χ1) is 9.99. The summed E-state index contributed by atoms with van der Waals surface area (Å²) in [5, 5.41) is 0.877. The standard InChI is InChI=1S/C16H27ClN2S2/c1-18(2)9-5-11-20-14-7-8-15(17)16(13-14)21-12-6-10-19(3)4/h7-8,13H,5-6,9-12H2,1-4H3. The molecule has 0 unspecified atom stereocenters. The third-order valence-corrected chi connectivity index (χ3v) is 5.59. The molecule has 0 aliphatic carbocycles. The van der Waals surface area contributed by atoms with Crippen molar-refractivity contribution >= 4 is 35.1 Å². The van der Waals surface area contributed by atoms with Crippen LogP contribution in [-0.2, 0) is 0 Å². The molecule has 0 spiro atoms. The molecule has 0 heterocycles. The molecule has 0 N–H and O–H groups in total. The number of benzene rings is 1. The predicted molar refractivity (Wildman–Crippen MR) is 99.2 cm³/mol. The zero-order chi connectivity index (χ0) is 15.7. The average Bonchev–Trinajstić information content (AvgIpc) is 2.42. The van der Waals surface area contributed by atoms with Crippen molar-refractivity contribution in [3.05, 3.63) is 23.2 Å². The maximum absolute atomic E-state index is 6.29. The summed E-state index contributed by atoms with van der Waals surface area (Å²) in [5.41, 5.74) is 0. The maximum Gasteiger partial charge on any atom is 0.0542 e. The van der Waals surface area contributed by atoms with Gasteiger partial charge in [-0.05, 0) is 83.8 Å². The van der Waals surface area contributed by atoms with E-state index >= 15 is 0 Å². The second-order valence-corrected chi connectivity index (χ2v) is 8.32. The normalized spacial score (nSPS) is 11.6. The van der Waals surface area contributed by atoms with Crippen LogP contribution < -0.4 is 0 Å². The van der Waals surface area contributed by atoms with Crippen LogP contribution in [0.3, 0.4) is 0 Å². The first-order valence-corrected chi connectivity index (χ1v) is 9.68. The Balaban J connectivity index is 2.39. The summed E-state index contributed by atoms with van der Waals surface area (Å²) in [7, 11) is 8.47. The lowest BCUT2D eigenvalue weighted by Gasteiger charge is -2.11. The molecule has 0 fully saturated rings. The van der Waals surface area contributed by atoms with Crippen molar-refractivity contribution in [1.82, 2.24) is 9.80 Å². The number of nitrogens with zero attached hydrogens (tertiary/aromatic N) is 2. The number of hydrogen-bond acceptors (Lipinski definition) is 4. The Morgan fingerprint density at radius 3 is 2.05 bits per heavy atom. The Bertz CT molecular complexity index is 411. The van der Waals surface area contributed by atoms with Crippen molar-refractivity contribution in [3.8, 4) is 0 Å². The minimum atomic E-state index is 0.877. The van der Waals surface area contributed by atoms with Crippen molar-refractivity contribution in [2.45, 2.75) is 22.6 Å². The van der Waals surface area contributed by atoms with E-state index in [-0.39, 0.29) is 0 Å². The molecule has 0 atom stereocenters. The second-order valence-electron chi connectivity index (χ2n) is 5.60. The summed E-state index contributed by atoms with van der Waals surface area (Å²) in [6, 6.07) is 6.40. The van der Waals surface area contributed by atoms with Crippen LogP contribution in [0, 0.1) is 0 Å². The van der Waals surface area contributed by atoms with Gasteiger partial charge in [0.25, 0.3) is 0 Å². The van der Waals surface area contributed by atoms with Crippen LogP contribution >= 0.6 is 35.1 Å². The molecule has 5 heteroatoms. The highest BCUT2D eigenvalue weighted by Crippen LogP contribution is 2.32. The molecule has 1 rings (SSSR count). The fourth-order valence-electron chi connectivity index (χ4n) is 1.82. The van der Waals surface area contributed by atoms with Crippen LogP contribution in [-0.4, -0.2) is 62.6 Å². The Hall–Kier alpha value is 0.130. The van der Waals surface area contributed by atoms with Crippen molar-refractivity contribution in [2.24, 2.45) is 0 Å². The van der Waals surface area contributed by atoms with Gasteiger partial charge in [-0.25, -0.2) is 0 Å². The highest BCUT2D eigenvalue weighted by atomic mass is 35.5. The van der Waals surface area contributed by atoms with E-state index in [1.807, 2.05) is 29.6 Å². The van der Waals surface area contributed by atoms with E-state index in [0.717, 1.165) is 29.6 Å². The summed E-state index contributed by atoms with van der Waals surface area (Å²) < 4.78 is 0. The first kappa shape index (κ1) is 19.2. The molecule has 21 heavy (non-hydrogen) atoms. The van der Waals surface area contributed by atoms with Gasteiger partial charge in [-0.1, -0.05) is 11.6 Å². The third-order valence-electron chi connectivity index (χ3n) is 2.93. The topological polar surface area (TPSA) is 6.48 Å². The van der Waals surface area contributed by atoms with Crippen LogP contribution in [0.2, 0.25) is 5.02 Å². The summed E-state index contributed by atoms with van der Waals surface area (Å²) >= 11 is 10.1. The number of thioether (sulfide) groups is 2. The van der Waals surface area contributed by atoms with Gasteiger partial charge < -0.3 is 9.80 Å². The lowest BCUT2D eigenvalue weighted by molar-refractivity contribution is 0.410. The Labute approximate surface area is 143 Å². The summed E-state index contributed by atoms with van der Waals surface area (Å²) in [5.74, 6) is 2.27. The molecule has 1 aromatic rings. The molecule has 0 aliphatic heterocycles. The van der Waals surface area contributed by atoms with Gasteiger partial charge in [0.2, 0.25) is 0 Å². The molecule has 0 bridgehead atoms. The lowest BCUT2D eigenvalue weighted by atomic mass is 10.4. The number of halogens is 1. The quantitative estimate of drug-likeness (QED) is 0.456. The van der Waals surface area contributed by atoms with E-state index in [0.29, 0.717) is 0 Å². The van der Waals surface area contributed by atoms with Crippen LogP contribution in [0.15, 0.2) is 28.0 Å². The van der Waals surface area contributed by atoms with Crippen molar-refractivity contribution in [3.63, 3.8) is 0 Å². The van der Waals surface area contributed by atoms with Gasteiger partial charge in [0.05, 0.1) is 5.02 Å². The summed E-state index contributed by atoms with van der Waals surface area (Å²) in [6.07, 6.45) is 2.40. The van der Waals surface area contributed by atoms with Gasteiger partial charge in [-0.15, -0.1) is 23.5 Å². The molecule has 0 saturated carbocycles. The van der Waals surface area contributed by atoms with Crippen molar-refractivity contribution in [1.29, 1.82) is 0 Å². The Morgan fingerprint density at radius 1 is 0.905 bits per heavy atom. The molecule has 1 aromatic carbocycles.